The van der Waals surface area contributed by atoms with Crippen LogP contribution < -0.4 is 0 Å². The molecule has 0 saturated heterocycles. The predicted octanol–water partition coefficient (Wildman–Crippen LogP) is 9.56. The molecule has 0 saturated carbocycles. The zero-order valence-corrected chi connectivity index (χ0v) is 20.4. The molecule has 0 heterocycles. The molecule has 0 aliphatic carbocycles. The van der Waals surface area contributed by atoms with Gasteiger partial charge in [-0.3, -0.25) is 4.79 Å². The molecule has 0 aliphatic heterocycles. The fourth-order valence-electron chi connectivity index (χ4n) is 4.48. The molecule has 0 spiro atoms. The van der Waals surface area contributed by atoms with E-state index in [9.17, 15) is 9.90 Å². The van der Waals surface area contributed by atoms with Crippen molar-refractivity contribution in [3.63, 3.8) is 0 Å². The van der Waals surface area contributed by atoms with Crippen LogP contribution in [0.2, 0.25) is 0 Å². The van der Waals surface area contributed by atoms with E-state index in [2.05, 4.69) is 20.8 Å². The smallest absolute Gasteiger partial charge is 0.306 e. The van der Waals surface area contributed by atoms with Crippen molar-refractivity contribution in [2.45, 2.75) is 156 Å². The highest BCUT2D eigenvalue weighted by Crippen LogP contribution is 2.25. The Bertz CT molecular complexity index is 339. The molecule has 0 fully saturated rings. The summed E-state index contributed by atoms with van der Waals surface area (Å²) in [6, 6.07) is 0. The molecule has 2 atom stereocenters. The topological polar surface area (TPSA) is 37.3 Å². The molecule has 2 heteroatoms. The van der Waals surface area contributed by atoms with Crippen molar-refractivity contribution >= 4 is 5.97 Å². The molecule has 0 aromatic rings. The van der Waals surface area contributed by atoms with E-state index in [1.165, 1.54) is 116 Å². The number of unbranched alkanes of at least 4 members (excludes halogenated alkanes) is 17. The maximum atomic E-state index is 11.6. The number of carboxylic acid groups (broad SMARTS) is 1. The van der Waals surface area contributed by atoms with E-state index in [4.69, 9.17) is 0 Å². The molecule has 174 valence electrons. The summed E-state index contributed by atoms with van der Waals surface area (Å²) in [5, 5.41) is 9.59. The quantitative estimate of drug-likeness (QED) is 0.170. The van der Waals surface area contributed by atoms with E-state index >= 15 is 0 Å². The summed E-state index contributed by atoms with van der Waals surface area (Å²) in [7, 11) is 0. The van der Waals surface area contributed by atoms with Gasteiger partial charge in [-0.1, -0.05) is 143 Å². The average Bonchev–Trinajstić information content (AvgIpc) is 2.70. The molecule has 1 N–H and O–H groups in total. The van der Waals surface area contributed by atoms with Crippen molar-refractivity contribution in [3.8, 4) is 0 Å². The second-order valence-corrected chi connectivity index (χ2v) is 9.51. The summed E-state index contributed by atoms with van der Waals surface area (Å²) in [5.74, 6) is -0.365. The SMILES string of the molecule is CCCCCCCCCCCCCCCCC(C(=O)O)C(C)CCCCCCC. The molecule has 29 heavy (non-hydrogen) atoms. The van der Waals surface area contributed by atoms with Crippen LogP contribution in [0.5, 0.6) is 0 Å². The molecule has 0 aromatic carbocycles. The van der Waals surface area contributed by atoms with E-state index in [-0.39, 0.29) is 5.92 Å². The van der Waals surface area contributed by atoms with Crippen LogP contribution in [0.1, 0.15) is 156 Å². The van der Waals surface area contributed by atoms with Crippen LogP contribution >= 0.6 is 0 Å². The van der Waals surface area contributed by atoms with Crippen LogP contribution in [0.3, 0.4) is 0 Å². The largest absolute Gasteiger partial charge is 0.481 e. The Labute approximate surface area is 183 Å². The lowest BCUT2D eigenvalue weighted by Crippen LogP contribution is -2.21. The Morgan fingerprint density at radius 2 is 0.862 bits per heavy atom. The lowest BCUT2D eigenvalue weighted by molar-refractivity contribution is -0.143. The Morgan fingerprint density at radius 3 is 1.21 bits per heavy atom. The first-order valence-corrected chi connectivity index (χ1v) is 13.4. The maximum absolute atomic E-state index is 11.6. The van der Waals surface area contributed by atoms with Crippen LogP contribution in [0, 0.1) is 11.8 Å². The number of carbonyl (C=O) groups is 1. The van der Waals surface area contributed by atoms with Crippen molar-refractivity contribution in [1.29, 1.82) is 0 Å². The maximum Gasteiger partial charge on any atom is 0.306 e. The van der Waals surface area contributed by atoms with Gasteiger partial charge >= 0.3 is 5.97 Å². The first-order valence-electron chi connectivity index (χ1n) is 13.4. The first kappa shape index (κ1) is 28.5. The third-order valence-electron chi connectivity index (χ3n) is 6.64. The Balaban J connectivity index is 3.54. The van der Waals surface area contributed by atoms with Crippen LogP contribution in [-0.4, -0.2) is 11.1 Å². The Hall–Kier alpha value is -0.530. The van der Waals surface area contributed by atoms with Gasteiger partial charge in [0.2, 0.25) is 0 Å². The van der Waals surface area contributed by atoms with Crippen LogP contribution in [-0.2, 0) is 4.79 Å². The van der Waals surface area contributed by atoms with Crippen molar-refractivity contribution in [3.05, 3.63) is 0 Å². The fraction of sp³-hybridized carbons (Fsp3) is 0.963. The van der Waals surface area contributed by atoms with Gasteiger partial charge in [0.25, 0.3) is 0 Å². The summed E-state index contributed by atoms with van der Waals surface area (Å²) in [6.07, 6.45) is 27.3. The Morgan fingerprint density at radius 1 is 0.552 bits per heavy atom. The number of aliphatic carboxylic acids is 1. The lowest BCUT2D eigenvalue weighted by atomic mass is 9.85. The number of hydrogen-bond acceptors (Lipinski definition) is 1. The average molecular weight is 411 g/mol. The van der Waals surface area contributed by atoms with Crippen LogP contribution in [0.25, 0.3) is 0 Å². The highest BCUT2D eigenvalue weighted by atomic mass is 16.4. The van der Waals surface area contributed by atoms with Crippen LogP contribution in [0.4, 0.5) is 0 Å². The molecular formula is C27H54O2. The summed E-state index contributed by atoms with van der Waals surface area (Å²) < 4.78 is 0. The zero-order valence-electron chi connectivity index (χ0n) is 20.4. The van der Waals surface area contributed by atoms with Gasteiger partial charge in [0.1, 0.15) is 0 Å². The minimum Gasteiger partial charge on any atom is -0.481 e. The van der Waals surface area contributed by atoms with Gasteiger partial charge in [0, 0.05) is 0 Å². The van der Waals surface area contributed by atoms with Gasteiger partial charge in [-0.2, -0.15) is 0 Å². The minimum absolute atomic E-state index is 0.126. The summed E-state index contributed by atoms with van der Waals surface area (Å²) in [6.45, 7) is 6.67. The standard InChI is InChI=1S/C27H54O2/c1-4-6-8-10-11-12-13-14-15-16-17-18-20-22-24-26(27(28)29)25(3)23-21-19-9-7-5-2/h25-26H,4-24H2,1-3H3,(H,28,29). The minimum atomic E-state index is -0.569. The summed E-state index contributed by atoms with van der Waals surface area (Å²) >= 11 is 0. The van der Waals surface area contributed by atoms with E-state index in [1.54, 1.807) is 0 Å². The van der Waals surface area contributed by atoms with E-state index in [0.717, 1.165) is 19.3 Å². The third-order valence-corrected chi connectivity index (χ3v) is 6.64. The van der Waals surface area contributed by atoms with Gasteiger partial charge in [0.15, 0.2) is 0 Å². The Kier molecular flexibility index (Phi) is 21.8. The number of hydrogen-bond donors (Lipinski definition) is 1. The zero-order chi connectivity index (χ0) is 21.6. The van der Waals surface area contributed by atoms with E-state index in [0.29, 0.717) is 5.92 Å². The fourth-order valence-corrected chi connectivity index (χ4v) is 4.48. The molecule has 0 radical (unpaired) electrons. The van der Waals surface area contributed by atoms with Gasteiger partial charge in [0.05, 0.1) is 5.92 Å². The molecule has 0 aliphatic rings. The van der Waals surface area contributed by atoms with Crippen molar-refractivity contribution in [2.75, 3.05) is 0 Å². The monoisotopic (exact) mass is 410 g/mol. The van der Waals surface area contributed by atoms with E-state index < -0.39 is 5.97 Å². The predicted molar refractivity (Wildman–Crippen MR) is 129 cm³/mol. The van der Waals surface area contributed by atoms with Gasteiger partial charge in [-0.05, 0) is 18.8 Å². The van der Waals surface area contributed by atoms with Gasteiger partial charge < -0.3 is 5.11 Å². The third kappa shape index (κ3) is 19.2. The van der Waals surface area contributed by atoms with Crippen molar-refractivity contribution < 1.29 is 9.90 Å². The van der Waals surface area contributed by atoms with Crippen molar-refractivity contribution in [1.82, 2.24) is 0 Å². The summed E-state index contributed by atoms with van der Waals surface area (Å²) in [5.41, 5.74) is 0. The normalized spacial score (nSPS) is 13.5. The molecule has 0 bridgehead atoms. The number of carboxylic acids is 1. The molecule has 2 nitrogen and oxygen atoms in total. The van der Waals surface area contributed by atoms with E-state index in [1.807, 2.05) is 0 Å². The molecular weight excluding hydrogens is 356 g/mol. The van der Waals surface area contributed by atoms with Gasteiger partial charge in [-0.25, -0.2) is 0 Å². The van der Waals surface area contributed by atoms with Crippen LogP contribution in [0.15, 0.2) is 0 Å². The van der Waals surface area contributed by atoms with Gasteiger partial charge in [-0.15, -0.1) is 0 Å². The number of rotatable bonds is 23. The summed E-state index contributed by atoms with van der Waals surface area (Å²) in [4.78, 5) is 11.6. The second-order valence-electron chi connectivity index (χ2n) is 9.51. The van der Waals surface area contributed by atoms with Crippen molar-refractivity contribution in [2.24, 2.45) is 11.8 Å². The molecule has 0 amide bonds. The molecule has 0 rings (SSSR count). The first-order chi connectivity index (χ1) is 14.1. The second kappa shape index (κ2) is 22.2. The molecule has 2 unspecified atom stereocenters. The highest BCUT2D eigenvalue weighted by Gasteiger charge is 2.23. The highest BCUT2D eigenvalue weighted by molar-refractivity contribution is 5.70. The lowest BCUT2D eigenvalue weighted by Gasteiger charge is -2.20. The molecule has 0 aromatic heterocycles.